The minimum absolute atomic E-state index is 0.0460. The van der Waals surface area contributed by atoms with Crippen molar-refractivity contribution < 1.29 is 19.2 Å². The molecular formula is C13H17NO5. The predicted molar refractivity (Wildman–Crippen MR) is 68.8 cm³/mol. The van der Waals surface area contributed by atoms with E-state index in [9.17, 15) is 14.9 Å². The van der Waals surface area contributed by atoms with E-state index in [2.05, 4.69) is 4.74 Å². The molecule has 104 valence electrons. The molecular weight excluding hydrogens is 250 g/mol. The summed E-state index contributed by atoms with van der Waals surface area (Å²) in [6, 6.07) is 6.22. The van der Waals surface area contributed by atoms with Crippen molar-refractivity contribution in [1.29, 1.82) is 0 Å². The van der Waals surface area contributed by atoms with Gasteiger partial charge in [0.1, 0.15) is 0 Å². The Balaban J connectivity index is 2.67. The molecule has 0 spiro atoms. The van der Waals surface area contributed by atoms with Crippen LogP contribution in [-0.2, 0) is 20.7 Å². The van der Waals surface area contributed by atoms with Gasteiger partial charge in [0.2, 0.25) is 0 Å². The van der Waals surface area contributed by atoms with Crippen LogP contribution in [0.2, 0.25) is 0 Å². The molecule has 0 heterocycles. The largest absolute Gasteiger partial charge is 0.469 e. The van der Waals surface area contributed by atoms with Crippen LogP contribution >= 0.6 is 0 Å². The number of non-ortho nitro benzene ring substituents is 1. The van der Waals surface area contributed by atoms with Gasteiger partial charge < -0.3 is 9.47 Å². The molecule has 1 aromatic rings. The Morgan fingerprint density at radius 1 is 1.37 bits per heavy atom. The van der Waals surface area contributed by atoms with Crippen LogP contribution in [0.5, 0.6) is 0 Å². The van der Waals surface area contributed by atoms with Crippen molar-refractivity contribution in [2.45, 2.75) is 25.9 Å². The maximum absolute atomic E-state index is 11.2. The predicted octanol–water partition coefficient (Wildman–Crippen LogP) is 2.11. The second-order valence-corrected chi connectivity index (χ2v) is 3.99. The number of nitrogens with zero attached hydrogens (tertiary/aromatic N) is 1. The van der Waals surface area contributed by atoms with E-state index in [1.54, 1.807) is 12.1 Å². The van der Waals surface area contributed by atoms with Gasteiger partial charge in [-0.1, -0.05) is 12.1 Å². The number of nitro groups is 1. The maximum Gasteiger partial charge on any atom is 0.308 e. The first-order valence-electron chi connectivity index (χ1n) is 5.98. The van der Waals surface area contributed by atoms with E-state index in [0.717, 1.165) is 5.56 Å². The van der Waals surface area contributed by atoms with E-state index in [-0.39, 0.29) is 24.2 Å². The van der Waals surface area contributed by atoms with E-state index in [4.69, 9.17) is 4.74 Å². The quantitative estimate of drug-likeness (QED) is 0.429. The van der Waals surface area contributed by atoms with Gasteiger partial charge in [-0.3, -0.25) is 14.9 Å². The van der Waals surface area contributed by atoms with E-state index in [1.807, 2.05) is 6.92 Å². The lowest BCUT2D eigenvalue weighted by Gasteiger charge is -2.15. The average Bonchev–Trinajstić information content (AvgIpc) is 2.39. The number of nitro benzene ring substituents is 1. The second kappa shape index (κ2) is 7.48. The lowest BCUT2D eigenvalue weighted by atomic mass is 10.1. The van der Waals surface area contributed by atoms with Crippen LogP contribution in [-0.4, -0.2) is 30.7 Å². The number of hydrogen-bond donors (Lipinski definition) is 0. The highest BCUT2D eigenvalue weighted by atomic mass is 16.6. The van der Waals surface area contributed by atoms with Crippen molar-refractivity contribution in [2.24, 2.45) is 0 Å². The molecule has 1 aromatic carbocycles. The van der Waals surface area contributed by atoms with Gasteiger partial charge in [0.05, 0.1) is 24.6 Å². The summed E-state index contributed by atoms with van der Waals surface area (Å²) in [5.74, 6) is -0.333. The lowest BCUT2D eigenvalue weighted by Crippen LogP contribution is -2.21. The molecule has 0 aliphatic rings. The Morgan fingerprint density at radius 3 is 2.47 bits per heavy atom. The van der Waals surface area contributed by atoms with Crippen LogP contribution in [0, 0.1) is 10.1 Å². The molecule has 0 bridgehead atoms. The highest BCUT2D eigenvalue weighted by molar-refractivity contribution is 5.69. The third-order valence-electron chi connectivity index (χ3n) is 2.63. The summed E-state index contributed by atoms with van der Waals surface area (Å²) >= 11 is 0. The topological polar surface area (TPSA) is 78.7 Å². The summed E-state index contributed by atoms with van der Waals surface area (Å²) in [4.78, 5) is 21.3. The van der Waals surface area contributed by atoms with Crippen LogP contribution in [0.4, 0.5) is 5.69 Å². The Morgan fingerprint density at radius 2 is 2.00 bits per heavy atom. The lowest BCUT2D eigenvalue weighted by molar-refractivity contribution is -0.384. The van der Waals surface area contributed by atoms with Crippen molar-refractivity contribution in [3.63, 3.8) is 0 Å². The highest BCUT2D eigenvalue weighted by Gasteiger charge is 2.15. The molecule has 0 amide bonds. The van der Waals surface area contributed by atoms with E-state index >= 15 is 0 Å². The fraction of sp³-hybridized carbons (Fsp3) is 0.462. The third-order valence-corrected chi connectivity index (χ3v) is 2.63. The van der Waals surface area contributed by atoms with E-state index < -0.39 is 4.92 Å². The molecule has 1 unspecified atom stereocenters. The molecule has 0 saturated carbocycles. The number of rotatable bonds is 7. The Bertz CT molecular complexity index is 429. The fourth-order valence-electron chi connectivity index (χ4n) is 1.71. The van der Waals surface area contributed by atoms with Crippen LogP contribution in [0.15, 0.2) is 24.3 Å². The van der Waals surface area contributed by atoms with Gasteiger partial charge in [-0.25, -0.2) is 0 Å². The van der Waals surface area contributed by atoms with E-state index in [0.29, 0.717) is 13.0 Å². The summed E-state index contributed by atoms with van der Waals surface area (Å²) < 4.78 is 10.1. The fourth-order valence-corrected chi connectivity index (χ4v) is 1.71. The van der Waals surface area contributed by atoms with Gasteiger partial charge >= 0.3 is 5.97 Å². The number of carbonyl (C=O) groups is 1. The molecule has 1 rings (SSSR count). The van der Waals surface area contributed by atoms with Crippen LogP contribution in [0.3, 0.4) is 0 Å². The Kier molecular flexibility index (Phi) is 5.95. The minimum Gasteiger partial charge on any atom is -0.469 e. The maximum atomic E-state index is 11.2. The first-order valence-corrected chi connectivity index (χ1v) is 5.98. The standard InChI is InChI=1S/C13H17NO5/c1-3-19-12(9-13(15)18-2)8-10-4-6-11(7-5-10)14(16)17/h4-7,12H,3,8-9H2,1-2H3. The van der Waals surface area contributed by atoms with Crippen molar-refractivity contribution in [2.75, 3.05) is 13.7 Å². The third kappa shape index (κ3) is 5.05. The van der Waals surface area contributed by atoms with Gasteiger partial charge in [0.15, 0.2) is 0 Å². The number of ether oxygens (including phenoxy) is 2. The molecule has 0 fully saturated rings. The first-order chi connectivity index (χ1) is 9.06. The molecule has 6 nitrogen and oxygen atoms in total. The van der Waals surface area contributed by atoms with Crippen LogP contribution in [0.1, 0.15) is 18.9 Å². The number of esters is 1. The second-order valence-electron chi connectivity index (χ2n) is 3.99. The zero-order valence-corrected chi connectivity index (χ0v) is 11.0. The Hall–Kier alpha value is -1.95. The number of hydrogen-bond acceptors (Lipinski definition) is 5. The molecule has 0 aliphatic heterocycles. The van der Waals surface area contributed by atoms with Crippen molar-refractivity contribution in [1.82, 2.24) is 0 Å². The van der Waals surface area contributed by atoms with Crippen molar-refractivity contribution in [3.05, 3.63) is 39.9 Å². The molecule has 1 atom stereocenters. The SMILES string of the molecule is CCOC(CC(=O)OC)Cc1ccc([N+](=O)[O-])cc1. The highest BCUT2D eigenvalue weighted by Crippen LogP contribution is 2.15. The zero-order chi connectivity index (χ0) is 14.3. The van der Waals surface area contributed by atoms with Gasteiger partial charge in [0.25, 0.3) is 5.69 Å². The summed E-state index contributed by atoms with van der Waals surface area (Å²) in [6.07, 6.45) is 0.404. The molecule has 19 heavy (non-hydrogen) atoms. The van der Waals surface area contributed by atoms with Gasteiger partial charge in [-0.05, 0) is 18.9 Å². The monoisotopic (exact) mass is 267 g/mol. The molecule has 0 N–H and O–H groups in total. The number of carbonyl (C=O) groups excluding carboxylic acids is 1. The summed E-state index contributed by atoms with van der Waals surface area (Å²) in [6.45, 7) is 2.34. The summed E-state index contributed by atoms with van der Waals surface area (Å²) in [5, 5.41) is 10.5. The van der Waals surface area contributed by atoms with E-state index in [1.165, 1.54) is 19.2 Å². The number of methoxy groups -OCH3 is 1. The van der Waals surface area contributed by atoms with Gasteiger partial charge in [-0.2, -0.15) is 0 Å². The number of benzene rings is 1. The average molecular weight is 267 g/mol. The van der Waals surface area contributed by atoms with Crippen LogP contribution in [0.25, 0.3) is 0 Å². The first kappa shape index (κ1) is 15.1. The summed E-state index contributed by atoms with van der Waals surface area (Å²) in [5.41, 5.74) is 0.928. The van der Waals surface area contributed by atoms with Gasteiger partial charge in [0, 0.05) is 18.7 Å². The molecule has 0 radical (unpaired) electrons. The Labute approximate surface area is 111 Å². The normalized spacial score (nSPS) is 11.9. The molecule has 0 aliphatic carbocycles. The zero-order valence-electron chi connectivity index (χ0n) is 11.0. The van der Waals surface area contributed by atoms with Crippen molar-refractivity contribution >= 4 is 11.7 Å². The summed E-state index contributed by atoms with van der Waals surface area (Å²) in [7, 11) is 1.33. The van der Waals surface area contributed by atoms with Crippen molar-refractivity contribution in [3.8, 4) is 0 Å². The smallest absolute Gasteiger partial charge is 0.308 e. The minimum atomic E-state index is -0.446. The molecule has 6 heteroatoms. The van der Waals surface area contributed by atoms with Crippen LogP contribution < -0.4 is 0 Å². The molecule has 0 saturated heterocycles. The van der Waals surface area contributed by atoms with Gasteiger partial charge in [-0.15, -0.1) is 0 Å². The molecule has 0 aromatic heterocycles.